The Bertz CT molecular complexity index is 373. The van der Waals surface area contributed by atoms with Crippen molar-refractivity contribution in [2.24, 2.45) is 0 Å². The highest BCUT2D eigenvalue weighted by atomic mass is 19.4. The van der Waals surface area contributed by atoms with Crippen LogP contribution in [0, 0.1) is 0 Å². The number of carbonyl (C=O) groups is 1. The normalized spacial score (nSPS) is 21.2. The molecule has 0 aromatic rings. The Kier molecular flexibility index (Phi) is 5.14. The number of hydrogen-bond acceptors (Lipinski definition) is 3. The summed E-state index contributed by atoms with van der Waals surface area (Å²) in [4.78, 5) is 12.7. The molecule has 21 heavy (non-hydrogen) atoms. The van der Waals surface area contributed by atoms with Crippen molar-refractivity contribution in [2.75, 3.05) is 19.7 Å². The molecular formula is C11H15F6NO3. The second kappa shape index (κ2) is 5.99. The number of rotatable bonds is 3. The molecule has 1 saturated heterocycles. The zero-order chi connectivity index (χ0) is 16.5. The van der Waals surface area contributed by atoms with Gasteiger partial charge in [0.15, 0.2) is 5.60 Å². The quantitative estimate of drug-likeness (QED) is 0.807. The van der Waals surface area contributed by atoms with Crippen molar-refractivity contribution in [1.82, 2.24) is 4.90 Å². The first-order valence-electron chi connectivity index (χ1n) is 6.12. The Morgan fingerprint density at radius 1 is 1.24 bits per heavy atom. The van der Waals surface area contributed by atoms with E-state index in [1.54, 1.807) is 0 Å². The van der Waals surface area contributed by atoms with Crippen LogP contribution in [0.1, 0.15) is 19.8 Å². The summed E-state index contributed by atoms with van der Waals surface area (Å²) in [6.45, 7) is -1.30. The molecular weight excluding hydrogens is 308 g/mol. The fourth-order valence-corrected chi connectivity index (χ4v) is 1.93. The number of ether oxygens (including phenoxy) is 1. The Morgan fingerprint density at radius 3 is 2.10 bits per heavy atom. The van der Waals surface area contributed by atoms with Crippen molar-refractivity contribution < 1.29 is 41.0 Å². The first-order chi connectivity index (χ1) is 9.36. The van der Waals surface area contributed by atoms with Gasteiger partial charge in [-0.1, -0.05) is 0 Å². The van der Waals surface area contributed by atoms with Crippen molar-refractivity contribution >= 4 is 5.91 Å². The minimum absolute atomic E-state index is 0.394. The molecule has 10 heteroatoms. The van der Waals surface area contributed by atoms with Crippen molar-refractivity contribution in [1.29, 1.82) is 0 Å². The Balaban J connectivity index is 2.52. The van der Waals surface area contributed by atoms with Gasteiger partial charge in [-0.3, -0.25) is 4.79 Å². The SMILES string of the molecule is CC(OCC(F)(F)F)C(=O)N1CCC(O)(C(F)(F)F)CC1. The third-order valence-electron chi connectivity index (χ3n) is 3.27. The van der Waals surface area contributed by atoms with Gasteiger partial charge in [0.25, 0.3) is 5.91 Å². The van der Waals surface area contributed by atoms with Gasteiger partial charge in [-0.2, -0.15) is 26.3 Å². The van der Waals surface area contributed by atoms with E-state index < -0.39 is 62.5 Å². The standard InChI is InChI=1S/C11H15F6NO3/c1-7(21-6-10(12,13)14)8(19)18-4-2-9(20,3-5-18)11(15,16)17/h7,20H,2-6H2,1H3. The molecule has 1 amide bonds. The lowest BCUT2D eigenvalue weighted by atomic mass is 9.90. The molecule has 0 bridgehead atoms. The number of piperidine rings is 1. The second-order valence-corrected chi connectivity index (χ2v) is 4.92. The van der Waals surface area contributed by atoms with Gasteiger partial charge in [0.2, 0.25) is 0 Å². The number of nitrogens with zero attached hydrogens (tertiary/aromatic N) is 1. The van der Waals surface area contributed by atoms with Crippen LogP contribution >= 0.6 is 0 Å². The molecule has 1 unspecified atom stereocenters. The lowest BCUT2D eigenvalue weighted by Crippen LogP contribution is -2.55. The number of amides is 1. The molecule has 1 aliphatic rings. The van der Waals surface area contributed by atoms with E-state index in [0.717, 1.165) is 11.8 Å². The van der Waals surface area contributed by atoms with E-state index in [1.165, 1.54) is 0 Å². The third-order valence-corrected chi connectivity index (χ3v) is 3.27. The lowest BCUT2D eigenvalue weighted by Gasteiger charge is -2.39. The average Bonchev–Trinajstić information content (AvgIpc) is 2.34. The summed E-state index contributed by atoms with van der Waals surface area (Å²) < 4.78 is 77.9. The summed E-state index contributed by atoms with van der Waals surface area (Å²) in [6.07, 6.45) is -12.2. The molecule has 1 fully saturated rings. The zero-order valence-corrected chi connectivity index (χ0v) is 11.1. The molecule has 0 saturated carbocycles. The van der Waals surface area contributed by atoms with Crippen molar-refractivity contribution in [3.8, 4) is 0 Å². The average molecular weight is 323 g/mol. The van der Waals surface area contributed by atoms with Gasteiger partial charge in [0.05, 0.1) is 0 Å². The maximum absolute atomic E-state index is 12.6. The highest BCUT2D eigenvalue weighted by molar-refractivity contribution is 5.80. The first-order valence-corrected chi connectivity index (χ1v) is 6.12. The van der Waals surface area contributed by atoms with E-state index in [2.05, 4.69) is 4.74 Å². The number of alkyl halides is 6. The molecule has 1 aliphatic heterocycles. The molecule has 0 spiro atoms. The maximum Gasteiger partial charge on any atom is 0.417 e. The Hall–Kier alpha value is -1.03. The third kappa shape index (κ3) is 4.73. The van der Waals surface area contributed by atoms with Gasteiger partial charge >= 0.3 is 12.4 Å². The van der Waals surface area contributed by atoms with Crippen LogP contribution in [0.4, 0.5) is 26.3 Å². The van der Waals surface area contributed by atoms with Crippen LogP contribution in [-0.2, 0) is 9.53 Å². The fraction of sp³-hybridized carbons (Fsp3) is 0.909. The molecule has 124 valence electrons. The number of likely N-dealkylation sites (tertiary alicyclic amines) is 1. The molecule has 4 nitrogen and oxygen atoms in total. The predicted octanol–water partition coefficient (Wildman–Crippen LogP) is 1.87. The summed E-state index contributed by atoms with van der Waals surface area (Å²) in [7, 11) is 0. The van der Waals surface area contributed by atoms with Crippen LogP contribution in [-0.4, -0.2) is 59.7 Å². The Morgan fingerprint density at radius 2 is 1.71 bits per heavy atom. The summed E-state index contributed by atoms with van der Waals surface area (Å²) in [5, 5.41) is 9.41. The molecule has 1 heterocycles. The number of carbonyl (C=O) groups excluding carboxylic acids is 1. The van der Waals surface area contributed by atoms with Gasteiger partial charge in [0, 0.05) is 25.9 Å². The van der Waals surface area contributed by atoms with E-state index in [9.17, 15) is 36.2 Å². The summed E-state index contributed by atoms with van der Waals surface area (Å²) >= 11 is 0. The fourth-order valence-electron chi connectivity index (χ4n) is 1.93. The number of aliphatic hydroxyl groups is 1. The zero-order valence-electron chi connectivity index (χ0n) is 11.1. The van der Waals surface area contributed by atoms with Gasteiger partial charge in [-0.15, -0.1) is 0 Å². The van der Waals surface area contributed by atoms with E-state index in [4.69, 9.17) is 0 Å². The van der Waals surface area contributed by atoms with Crippen molar-refractivity contribution in [2.45, 2.75) is 43.8 Å². The van der Waals surface area contributed by atoms with Crippen LogP contribution < -0.4 is 0 Å². The highest BCUT2D eigenvalue weighted by Crippen LogP contribution is 2.38. The van der Waals surface area contributed by atoms with Gasteiger partial charge in [-0.05, 0) is 6.92 Å². The van der Waals surface area contributed by atoms with Crippen molar-refractivity contribution in [3.63, 3.8) is 0 Å². The van der Waals surface area contributed by atoms with Crippen LogP contribution in [0.15, 0.2) is 0 Å². The summed E-state index contributed by atoms with van der Waals surface area (Å²) in [6, 6.07) is 0. The molecule has 0 radical (unpaired) electrons. The minimum atomic E-state index is -4.81. The number of halogens is 6. The van der Waals surface area contributed by atoms with Crippen LogP contribution in [0.5, 0.6) is 0 Å². The summed E-state index contributed by atoms with van der Waals surface area (Å²) in [5.41, 5.74) is -2.86. The Labute approximate surface area is 116 Å². The van der Waals surface area contributed by atoms with Crippen LogP contribution in [0.3, 0.4) is 0 Å². The highest BCUT2D eigenvalue weighted by Gasteiger charge is 2.55. The summed E-state index contributed by atoms with van der Waals surface area (Å²) in [5.74, 6) is -0.830. The molecule has 1 N–H and O–H groups in total. The molecule has 0 aliphatic carbocycles. The maximum atomic E-state index is 12.6. The predicted molar refractivity (Wildman–Crippen MR) is 58.3 cm³/mol. The van der Waals surface area contributed by atoms with Crippen LogP contribution in [0.25, 0.3) is 0 Å². The smallest absolute Gasteiger partial charge is 0.380 e. The second-order valence-electron chi connectivity index (χ2n) is 4.92. The number of hydrogen-bond donors (Lipinski definition) is 1. The first kappa shape index (κ1) is 18.0. The van der Waals surface area contributed by atoms with Crippen LogP contribution in [0.2, 0.25) is 0 Å². The van der Waals surface area contributed by atoms with Gasteiger partial charge in [0.1, 0.15) is 12.7 Å². The molecule has 1 rings (SSSR count). The molecule has 0 aromatic carbocycles. The lowest BCUT2D eigenvalue weighted by molar-refractivity contribution is -0.272. The van der Waals surface area contributed by atoms with E-state index in [0.29, 0.717) is 0 Å². The van der Waals surface area contributed by atoms with E-state index in [1.807, 2.05) is 0 Å². The topological polar surface area (TPSA) is 49.8 Å². The van der Waals surface area contributed by atoms with Gasteiger partial charge in [-0.25, -0.2) is 0 Å². The van der Waals surface area contributed by atoms with E-state index in [-0.39, 0.29) is 0 Å². The van der Waals surface area contributed by atoms with Crippen molar-refractivity contribution in [3.05, 3.63) is 0 Å². The van der Waals surface area contributed by atoms with Gasteiger partial charge < -0.3 is 14.7 Å². The largest absolute Gasteiger partial charge is 0.417 e. The molecule has 0 aromatic heterocycles. The monoisotopic (exact) mass is 323 g/mol. The minimum Gasteiger partial charge on any atom is -0.380 e. The molecule has 1 atom stereocenters. The van der Waals surface area contributed by atoms with E-state index >= 15 is 0 Å².